The first-order valence-corrected chi connectivity index (χ1v) is 5.84. The van der Waals surface area contributed by atoms with Crippen LogP contribution in [0.1, 0.15) is 16.8 Å². The Bertz CT molecular complexity index is 462. The van der Waals surface area contributed by atoms with E-state index in [0.717, 1.165) is 19.5 Å². The summed E-state index contributed by atoms with van der Waals surface area (Å²) in [6.45, 7) is 3.92. The fourth-order valence-electron chi connectivity index (χ4n) is 1.72. The molecule has 0 saturated heterocycles. The van der Waals surface area contributed by atoms with Gasteiger partial charge in [0.15, 0.2) is 0 Å². The minimum Gasteiger partial charge on any atom is -0.312 e. The van der Waals surface area contributed by atoms with E-state index in [1.807, 2.05) is 30.2 Å². The molecule has 2 aromatic rings. The summed E-state index contributed by atoms with van der Waals surface area (Å²) in [6.07, 6.45) is 6.65. The fraction of sp³-hybridized carbons (Fsp3) is 0.385. The highest BCUT2D eigenvalue weighted by atomic mass is 15.3. The Hall–Kier alpha value is -1.68. The van der Waals surface area contributed by atoms with Crippen molar-refractivity contribution in [2.45, 2.75) is 19.9 Å². The van der Waals surface area contributed by atoms with E-state index < -0.39 is 0 Å². The van der Waals surface area contributed by atoms with Crippen LogP contribution in [0.3, 0.4) is 0 Å². The minimum atomic E-state index is 0.875. The van der Waals surface area contributed by atoms with Gasteiger partial charge in [-0.3, -0.25) is 9.67 Å². The highest BCUT2D eigenvalue weighted by Gasteiger charge is 2.02. The molecule has 0 aliphatic heterocycles. The highest BCUT2D eigenvalue weighted by molar-refractivity contribution is 5.15. The van der Waals surface area contributed by atoms with Crippen molar-refractivity contribution in [2.24, 2.45) is 7.05 Å². The van der Waals surface area contributed by atoms with Gasteiger partial charge in [0.2, 0.25) is 0 Å². The van der Waals surface area contributed by atoms with Crippen molar-refractivity contribution in [3.05, 3.63) is 47.5 Å². The van der Waals surface area contributed by atoms with Crippen molar-refractivity contribution in [3.8, 4) is 0 Å². The van der Waals surface area contributed by atoms with Crippen molar-refractivity contribution >= 4 is 0 Å². The molecule has 0 atom stereocenters. The summed E-state index contributed by atoms with van der Waals surface area (Å²) >= 11 is 0. The van der Waals surface area contributed by atoms with E-state index in [9.17, 15) is 0 Å². The molecular weight excluding hydrogens is 212 g/mol. The summed E-state index contributed by atoms with van der Waals surface area (Å²) in [4.78, 5) is 4.10. The zero-order chi connectivity index (χ0) is 12.1. The van der Waals surface area contributed by atoms with Gasteiger partial charge in [-0.15, -0.1) is 0 Å². The number of pyridine rings is 1. The predicted octanol–water partition coefficient (Wildman–Crippen LogP) is 1.46. The standard InChI is InChI=1S/C13H18N4/c1-11-13(10-16-17(11)2)9-15-7-5-12-4-3-6-14-8-12/h3-4,6,8,10,15H,5,7,9H2,1-2H3. The van der Waals surface area contributed by atoms with Crippen molar-refractivity contribution in [3.63, 3.8) is 0 Å². The molecule has 0 aromatic carbocycles. The van der Waals surface area contributed by atoms with E-state index in [2.05, 4.69) is 28.4 Å². The van der Waals surface area contributed by atoms with Gasteiger partial charge in [0.1, 0.15) is 0 Å². The lowest BCUT2D eigenvalue weighted by molar-refractivity contribution is 0.679. The minimum absolute atomic E-state index is 0.875. The number of nitrogens with zero attached hydrogens (tertiary/aromatic N) is 3. The molecule has 1 N–H and O–H groups in total. The monoisotopic (exact) mass is 230 g/mol. The molecule has 0 bridgehead atoms. The second kappa shape index (κ2) is 5.59. The van der Waals surface area contributed by atoms with E-state index >= 15 is 0 Å². The second-order valence-electron chi connectivity index (χ2n) is 4.17. The number of nitrogens with one attached hydrogen (secondary N) is 1. The lowest BCUT2D eigenvalue weighted by atomic mass is 10.2. The van der Waals surface area contributed by atoms with Gasteiger partial charge < -0.3 is 5.32 Å². The van der Waals surface area contributed by atoms with Crippen LogP contribution < -0.4 is 5.32 Å². The SMILES string of the molecule is Cc1c(CNCCc2cccnc2)cnn1C. The number of hydrogen-bond acceptors (Lipinski definition) is 3. The maximum Gasteiger partial charge on any atom is 0.0537 e. The van der Waals surface area contributed by atoms with Crippen LogP contribution in [0.25, 0.3) is 0 Å². The lowest BCUT2D eigenvalue weighted by Gasteiger charge is -2.04. The van der Waals surface area contributed by atoms with Gasteiger partial charge in [-0.25, -0.2) is 0 Å². The van der Waals surface area contributed by atoms with Crippen molar-refractivity contribution in [1.82, 2.24) is 20.1 Å². The van der Waals surface area contributed by atoms with E-state index in [4.69, 9.17) is 0 Å². The highest BCUT2D eigenvalue weighted by Crippen LogP contribution is 2.04. The predicted molar refractivity (Wildman–Crippen MR) is 67.6 cm³/mol. The Morgan fingerprint density at radius 3 is 2.88 bits per heavy atom. The molecule has 0 radical (unpaired) electrons. The van der Waals surface area contributed by atoms with Gasteiger partial charge in [-0.1, -0.05) is 6.07 Å². The van der Waals surface area contributed by atoms with Crippen LogP contribution in [-0.2, 0) is 20.0 Å². The van der Waals surface area contributed by atoms with E-state index in [-0.39, 0.29) is 0 Å². The molecule has 4 heteroatoms. The summed E-state index contributed by atoms with van der Waals surface area (Å²) in [7, 11) is 1.97. The zero-order valence-electron chi connectivity index (χ0n) is 10.3. The van der Waals surface area contributed by atoms with Gasteiger partial charge in [-0.05, 0) is 31.5 Å². The molecule has 0 aliphatic rings. The maximum absolute atomic E-state index is 4.22. The quantitative estimate of drug-likeness (QED) is 0.791. The molecule has 17 heavy (non-hydrogen) atoms. The van der Waals surface area contributed by atoms with Gasteiger partial charge in [-0.2, -0.15) is 5.10 Å². The first-order valence-electron chi connectivity index (χ1n) is 5.84. The molecule has 0 spiro atoms. The van der Waals surface area contributed by atoms with Crippen LogP contribution in [0.2, 0.25) is 0 Å². The Labute approximate surface area is 102 Å². The summed E-state index contributed by atoms with van der Waals surface area (Å²) in [6, 6.07) is 4.07. The van der Waals surface area contributed by atoms with Crippen LogP contribution >= 0.6 is 0 Å². The second-order valence-corrected chi connectivity index (χ2v) is 4.17. The Morgan fingerprint density at radius 1 is 1.35 bits per heavy atom. The Kier molecular flexibility index (Phi) is 3.88. The number of aromatic nitrogens is 3. The van der Waals surface area contributed by atoms with Gasteiger partial charge in [0.05, 0.1) is 6.20 Å². The molecule has 0 aliphatic carbocycles. The van der Waals surface area contributed by atoms with Crippen molar-refractivity contribution in [1.29, 1.82) is 0 Å². The molecule has 0 saturated carbocycles. The Balaban J connectivity index is 1.75. The molecule has 0 amide bonds. The van der Waals surface area contributed by atoms with Gasteiger partial charge >= 0.3 is 0 Å². The third kappa shape index (κ3) is 3.14. The normalized spacial score (nSPS) is 10.7. The van der Waals surface area contributed by atoms with E-state index in [0.29, 0.717) is 0 Å². The van der Waals surface area contributed by atoms with E-state index in [1.54, 1.807) is 6.20 Å². The van der Waals surface area contributed by atoms with Crippen LogP contribution in [0, 0.1) is 6.92 Å². The number of hydrogen-bond donors (Lipinski definition) is 1. The average Bonchev–Trinajstić information content (AvgIpc) is 2.67. The van der Waals surface area contributed by atoms with Crippen molar-refractivity contribution < 1.29 is 0 Å². The van der Waals surface area contributed by atoms with Crippen molar-refractivity contribution in [2.75, 3.05) is 6.54 Å². The summed E-state index contributed by atoms with van der Waals surface area (Å²) in [5.74, 6) is 0. The third-order valence-corrected chi connectivity index (χ3v) is 2.97. The largest absolute Gasteiger partial charge is 0.312 e. The van der Waals surface area contributed by atoms with Crippen LogP contribution in [0.4, 0.5) is 0 Å². The first kappa shape index (κ1) is 11.8. The molecule has 0 fully saturated rings. The molecule has 0 unspecified atom stereocenters. The number of rotatable bonds is 5. The average molecular weight is 230 g/mol. The van der Waals surface area contributed by atoms with Crippen LogP contribution in [-0.4, -0.2) is 21.3 Å². The zero-order valence-corrected chi connectivity index (χ0v) is 10.3. The fourth-order valence-corrected chi connectivity index (χ4v) is 1.72. The summed E-state index contributed by atoms with van der Waals surface area (Å²) in [5, 5.41) is 7.64. The molecule has 2 rings (SSSR count). The molecular formula is C13H18N4. The molecule has 90 valence electrons. The number of aryl methyl sites for hydroxylation is 1. The smallest absolute Gasteiger partial charge is 0.0537 e. The van der Waals surface area contributed by atoms with E-state index in [1.165, 1.54) is 16.8 Å². The Morgan fingerprint density at radius 2 is 2.24 bits per heavy atom. The first-order chi connectivity index (χ1) is 8.27. The topological polar surface area (TPSA) is 42.7 Å². The van der Waals surface area contributed by atoms with Gasteiger partial charge in [0.25, 0.3) is 0 Å². The summed E-state index contributed by atoms with van der Waals surface area (Å²) < 4.78 is 1.90. The molecule has 2 aromatic heterocycles. The van der Waals surface area contributed by atoms with Gasteiger partial charge in [0, 0.05) is 37.2 Å². The van der Waals surface area contributed by atoms with Crippen LogP contribution in [0.15, 0.2) is 30.7 Å². The molecule has 4 nitrogen and oxygen atoms in total. The summed E-state index contributed by atoms with van der Waals surface area (Å²) in [5.41, 5.74) is 3.75. The van der Waals surface area contributed by atoms with Crippen LogP contribution in [0.5, 0.6) is 0 Å². The lowest BCUT2D eigenvalue weighted by Crippen LogP contribution is -2.17. The maximum atomic E-state index is 4.22. The molecule has 2 heterocycles. The third-order valence-electron chi connectivity index (χ3n) is 2.97.